The second kappa shape index (κ2) is 12.7. The van der Waals surface area contributed by atoms with Crippen molar-refractivity contribution in [1.29, 1.82) is 0 Å². The molecule has 0 bridgehead atoms. The number of halogens is 1. The number of rotatable bonds is 10. The minimum Gasteiger partial charge on any atom is -0.355 e. The van der Waals surface area contributed by atoms with Crippen LogP contribution in [-0.4, -0.2) is 18.5 Å². The molecule has 1 aromatic carbocycles. The van der Waals surface area contributed by atoms with Gasteiger partial charge in [0.2, 0.25) is 5.91 Å². The van der Waals surface area contributed by atoms with Gasteiger partial charge in [-0.25, -0.2) is 0 Å². The molecule has 3 N–H and O–H groups in total. The van der Waals surface area contributed by atoms with Crippen LogP contribution < -0.4 is 11.1 Å². The van der Waals surface area contributed by atoms with E-state index in [1.807, 2.05) is 30.3 Å². The second-order valence-corrected chi connectivity index (χ2v) is 5.36. The third-order valence-electron chi connectivity index (χ3n) is 3.46. The zero-order valence-corrected chi connectivity index (χ0v) is 13.8. The first kappa shape index (κ1) is 19.9. The Morgan fingerprint density at radius 1 is 1.10 bits per heavy atom. The third kappa shape index (κ3) is 9.48. The van der Waals surface area contributed by atoms with Crippen LogP contribution >= 0.6 is 12.4 Å². The molecule has 1 atom stereocenters. The summed E-state index contributed by atoms with van der Waals surface area (Å²) in [6, 6.07) is 9.46. The molecule has 4 heteroatoms. The van der Waals surface area contributed by atoms with Gasteiger partial charge >= 0.3 is 0 Å². The van der Waals surface area contributed by atoms with E-state index < -0.39 is 6.04 Å². The van der Waals surface area contributed by atoms with Gasteiger partial charge < -0.3 is 11.1 Å². The van der Waals surface area contributed by atoms with Gasteiger partial charge in [-0.1, -0.05) is 69.4 Å². The highest BCUT2D eigenvalue weighted by molar-refractivity contribution is 5.85. The zero-order chi connectivity index (χ0) is 14.6. The Morgan fingerprint density at radius 2 is 1.71 bits per heavy atom. The number of carbonyl (C=O) groups is 1. The van der Waals surface area contributed by atoms with Crippen LogP contribution in [-0.2, 0) is 11.2 Å². The number of nitrogens with one attached hydrogen (secondary N) is 1. The van der Waals surface area contributed by atoms with Crippen LogP contribution in [0.4, 0.5) is 0 Å². The highest BCUT2D eigenvalue weighted by Gasteiger charge is 2.12. The molecule has 1 aromatic rings. The fourth-order valence-corrected chi connectivity index (χ4v) is 2.21. The predicted octanol–water partition coefficient (Wildman–Crippen LogP) is 3.45. The first-order valence-corrected chi connectivity index (χ1v) is 7.81. The lowest BCUT2D eigenvalue weighted by molar-refractivity contribution is -0.122. The summed E-state index contributed by atoms with van der Waals surface area (Å²) in [5.74, 6) is -0.0394. The fraction of sp³-hybridized carbons (Fsp3) is 0.588. The summed E-state index contributed by atoms with van der Waals surface area (Å²) in [4.78, 5) is 11.8. The second-order valence-electron chi connectivity index (χ2n) is 5.36. The molecule has 3 nitrogen and oxygen atoms in total. The highest BCUT2D eigenvalue weighted by atomic mass is 35.5. The van der Waals surface area contributed by atoms with E-state index in [9.17, 15) is 4.79 Å². The number of unbranched alkanes of at least 4 members (excludes halogenated alkanes) is 5. The molecule has 0 saturated carbocycles. The molecular formula is C17H29ClN2O. The van der Waals surface area contributed by atoms with Crippen LogP contribution in [0.25, 0.3) is 0 Å². The van der Waals surface area contributed by atoms with Crippen molar-refractivity contribution in [1.82, 2.24) is 5.32 Å². The minimum absolute atomic E-state index is 0. The van der Waals surface area contributed by atoms with E-state index in [4.69, 9.17) is 5.73 Å². The monoisotopic (exact) mass is 312 g/mol. The van der Waals surface area contributed by atoms with Gasteiger partial charge in [-0.3, -0.25) is 4.79 Å². The smallest absolute Gasteiger partial charge is 0.237 e. The van der Waals surface area contributed by atoms with E-state index in [-0.39, 0.29) is 18.3 Å². The third-order valence-corrected chi connectivity index (χ3v) is 3.46. The first-order chi connectivity index (χ1) is 9.74. The lowest BCUT2D eigenvalue weighted by Crippen LogP contribution is -2.42. The number of benzene rings is 1. The van der Waals surface area contributed by atoms with E-state index in [1.165, 1.54) is 32.1 Å². The molecular weight excluding hydrogens is 284 g/mol. The zero-order valence-electron chi connectivity index (χ0n) is 13.0. The molecule has 0 saturated heterocycles. The van der Waals surface area contributed by atoms with Crippen molar-refractivity contribution < 1.29 is 4.79 Å². The van der Waals surface area contributed by atoms with Crippen LogP contribution in [0.1, 0.15) is 51.0 Å². The minimum atomic E-state index is -0.447. The van der Waals surface area contributed by atoms with E-state index in [0.29, 0.717) is 6.42 Å². The Labute approximate surface area is 135 Å². The van der Waals surface area contributed by atoms with Crippen molar-refractivity contribution >= 4 is 18.3 Å². The van der Waals surface area contributed by atoms with Crippen LogP contribution in [0.5, 0.6) is 0 Å². The Balaban J connectivity index is 0.00000400. The van der Waals surface area contributed by atoms with Crippen molar-refractivity contribution in [2.45, 2.75) is 57.9 Å². The van der Waals surface area contributed by atoms with E-state index in [1.54, 1.807) is 0 Å². The summed E-state index contributed by atoms with van der Waals surface area (Å²) in [6.07, 6.45) is 7.99. The van der Waals surface area contributed by atoms with Crippen LogP contribution in [0, 0.1) is 0 Å². The molecule has 0 aromatic heterocycles. The molecule has 21 heavy (non-hydrogen) atoms. The number of hydrogen-bond donors (Lipinski definition) is 2. The number of carbonyl (C=O) groups excluding carboxylic acids is 1. The van der Waals surface area contributed by atoms with E-state index in [0.717, 1.165) is 18.5 Å². The molecule has 0 spiro atoms. The van der Waals surface area contributed by atoms with E-state index in [2.05, 4.69) is 12.2 Å². The van der Waals surface area contributed by atoms with Crippen molar-refractivity contribution in [3.63, 3.8) is 0 Å². The van der Waals surface area contributed by atoms with Gasteiger partial charge in [-0.05, 0) is 18.4 Å². The van der Waals surface area contributed by atoms with Crippen LogP contribution in [0.2, 0.25) is 0 Å². The Hall–Kier alpha value is -1.06. The summed E-state index contributed by atoms with van der Waals surface area (Å²) in [7, 11) is 0. The number of hydrogen-bond acceptors (Lipinski definition) is 2. The molecule has 1 amide bonds. The number of nitrogens with two attached hydrogens (primary N) is 1. The molecule has 0 fully saturated rings. The molecule has 0 heterocycles. The lowest BCUT2D eigenvalue weighted by atomic mass is 10.1. The first-order valence-electron chi connectivity index (χ1n) is 7.81. The maximum Gasteiger partial charge on any atom is 0.237 e. The van der Waals surface area contributed by atoms with Gasteiger partial charge in [0, 0.05) is 6.54 Å². The van der Waals surface area contributed by atoms with Crippen molar-refractivity contribution in [3.05, 3.63) is 35.9 Å². The van der Waals surface area contributed by atoms with Crippen LogP contribution in [0.15, 0.2) is 30.3 Å². The standard InChI is InChI=1S/C17H28N2O.ClH/c1-2-3-4-5-6-10-13-19-17(20)16(18)14-15-11-8-7-9-12-15;/h7-9,11-12,16H,2-6,10,13-14,18H2,1H3,(H,19,20);1H/t16-;/m0./s1. The van der Waals surface area contributed by atoms with Gasteiger partial charge in [-0.15, -0.1) is 12.4 Å². The molecule has 0 aliphatic carbocycles. The van der Waals surface area contributed by atoms with Crippen molar-refractivity contribution in [2.24, 2.45) is 5.73 Å². The Kier molecular flexibility index (Phi) is 12.0. The van der Waals surface area contributed by atoms with Crippen molar-refractivity contribution in [3.8, 4) is 0 Å². The largest absolute Gasteiger partial charge is 0.355 e. The van der Waals surface area contributed by atoms with Crippen LogP contribution in [0.3, 0.4) is 0 Å². The van der Waals surface area contributed by atoms with Gasteiger partial charge in [-0.2, -0.15) is 0 Å². The average Bonchev–Trinajstić information content (AvgIpc) is 2.47. The van der Waals surface area contributed by atoms with Gasteiger partial charge in [0.15, 0.2) is 0 Å². The molecule has 0 aliphatic heterocycles. The SMILES string of the molecule is CCCCCCCCNC(=O)[C@@H](N)Cc1ccccc1.Cl. The molecule has 120 valence electrons. The van der Waals surface area contributed by atoms with E-state index >= 15 is 0 Å². The summed E-state index contributed by atoms with van der Waals surface area (Å²) in [6.45, 7) is 2.96. The summed E-state index contributed by atoms with van der Waals surface area (Å²) >= 11 is 0. The lowest BCUT2D eigenvalue weighted by Gasteiger charge is -2.12. The van der Waals surface area contributed by atoms with Crippen molar-refractivity contribution in [2.75, 3.05) is 6.54 Å². The van der Waals surface area contributed by atoms with Gasteiger partial charge in [0.1, 0.15) is 0 Å². The topological polar surface area (TPSA) is 55.1 Å². The maximum absolute atomic E-state index is 11.8. The fourth-order valence-electron chi connectivity index (χ4n) is 2.21. The normalized spacial score (nSPS) is 11.5. The summed E-state index contributed by atoms with van der Waals surface area (Å²) < 4.78 is 0. The number of amides is 1. The highest BCUT2D eigenvalue weighted by Crippen LogP contribution is 2.04. The predicted molar refractivity (Wildman–Crippen MR) is 91.8 cm³/mol. The summed E-state index contributed by atoms with van der Waals surface area (Å²) in [5.41, 5.74) is 7.02. The summed E-state index contributed by atoms with van der Waals surface area (Å²) in [5, 5.41) is 2.93. The molecule has 0 aliphatic rings. The average molecular weight is 313 g/mol. The van der Waals surface area contributed by atoms with Gasteiger partial charge in [0.25, 0.3) is 0 Å². The quantitative estimate of drug-likeness (QED) is 0.650. The molecule has 0 radical (unpaired) electrons. The molecule has 0 unspecified atom stereocenters. The van der Waals surface area contributed by atoms with Gasteiger partial charge in [0.05, 0.1) is 6.04 Å². The Bertz CT molecular complexity index is 370. The Morgan fingerprint density at radius 3 is 2.38 bits per heavy atom. The molecule has 1 rings (SSSR count). The maximum atomic E-state index is 11.8.